The molecule has 0 N–H and O–H groups in total. The molecule has 0 atom stereocenters. The smallest absolute Gasteiger partial charge is 0.409 e. The lowest BCUT2D eigenvalue weighted by molar-refractivity contribution is 0.0716. The lowest BCUT2D eigenvalue weighted by Gasteiger charge is -2.32. The van der Waals surface area contributed by atoms with Crippen molar-refractivity contribution in [3.05, 3.63) is 71.8 Å². The monoisotopic (exact) mass is 367 g/mol. The number of likely N-dealkylation sites (N-methyl/N-ethyl adjacent to an activating group) is 1. The molecule has 3 rings (SSSR count). The van der Waals surface area contributed by atoms with Gasteiger partial charge in [-0.15, -0.1) is 0 Å². The average Bonchev–Trinajstić information content (AvgIpc) is 2.70. The van der Waals surface area contributed by atoms with Crippen LogP contribution in [0.15, 0.2) is 60.7 Å². The maximum atomic E-state index is 12.3. The first kappa shape index (κ1) is 19.4. The first-order valence-electron chi connectivity index (χ1n) is 9.61. The van der Waals surface area contributed by atoms with Gasteiger partial charge in [0.25, 0.3) is 0 Å². The molecule has 1 amide bonds. The molecule has 0 radical (unpaired) electrons. The molecule has 144 valence electrons. The summed E-state index contributed by atoms with van der Waals surface area (Å²) < 4.78 is 5.55. The molecule has 5 nitrogen and oxygen atoms in total. The van der Waals surface area contributed by atoms with E-state index in [1.165, 1.54) is 11.1 Å². The summed E-state index contributed by atoms with van der Waals surface area (Å²) in [7, 11) is 2.08. The van der Waals surface area contributed by atoms with E-state index in [2.05, 4.69) is 65.4 Å². The van der Waals surface area contributed by atoms with E-state index in [4.69, 9.17) is 4.74 Å². The lowest BCUT2D eigenvalue weighted by Crippen LogP contribution is -2.47. The van der Waals surface area contributed by atoms with E-state index in [-0.39, 0.29) is 6.09 Å². The molecule has 1 aliphatic rings. The normalized spacial score (nSPS) is 15.1. The molecule has 5 heteroatoms. The van der Waals surface area contributed by atoms with Crippen LogP contribution in [0, 0.1) is 0 Å². The Labute approximate surface area is 162 Å². The van der Waals surface area contributed by atoms with Crippen LogP contribution in [-0.4, -0.2) is 67.2 Å². The summed E-state index contributed by atoms with van der Waals surface area (Å²) in [6.07, 6.45) is -0.192. The zero-order valence-corrected chi connectivity index (χ0v) is 16.1. The van der Waals surface area contributed by atoms with Crippen molar-refractivity contribution >= 4 is 6.09 Å². The van der Waals surface area contributed by atoms with E-state index in [1.807, 2.05) is 12.1 Å². The van der Waals surface area contributed by atoms with E-state index < -0.39 is 0 Å². The number of carbonyl (C=O) groups is 1. The van der Waals surface area contributed by atoms with Crippen LogP contribution in [0.2, 0.25) is 0 Å². The highest BCUT2D eigenvalue weighted by atomic mass is 16.6. The summed E-state index contributed by atoms with van der Waals surface area (Å²) >= 11 is 0. The van der Waals surface area contributed by atoms with Crippen LogP contribution in [0.5, 0.6) is 0 Å². The highest BCUT2D eigenvalue weighted by molar-refractivity contribution is 5.67. The molecule has 1 aliphatic heterocycles. The lowest BCUT2D eigenvalue weighted by atomic mass is 10.1. The number of hydrogen-bond donors (Lipinski definition) is 0. The van der Waals surface area contributed by atoms with Gasteiger partial charge in [-0.3, -0.25) is 4.90 Å². The second-order valence-electron chi connectivity index (χ2n) is 7.09. The Morgan fingerprint density at radius 1 is 0.889 bits per heavy atom. The van der Waals surface area contributed by atoms with Crippen LogP contribution in [-0.2, 0) is 17.8 Å². The van der Waals surface area contributed by atoms with Crippen LogP contribution in [0.1, 0.15) is 11.1 Å². The van der Waals surface area contributed by atoms with Gasteiger partial charge in [-0.2, -0.15) is 0 Å². The molecular weight excluding hydrogens is 338 g/mol. The van der Waals surface area contributed by atoms with Gasteiger partial charge in [-0.25, -0.2) is 4.79 Å². The van der Waals surface area contributed by atoms with E-state index in [9.17, 15) is 4.79 Å². The van der Waals surface area contributed by atoms with E-state index in [0.717, 1.165) is 39.3 Å². The summed E-state index contributed by atoms with van der Waals surface area (Å²) in [5.74, 6) is 0. The number of hydrogen-bond acceptors (Lipinski definition) is 4. The minimum absolute atomic E-state index is 0.192. The largest absolute Gasteiger partial charge is 0.448 e. The quantitative estimate of drug-likeness (QED) is 0.754. The molecule has 2 aromatic rings. The number of ether oxygens (including phenoxy) is 1. The predicted octanol–water partition coefficient (Wildman–Crippen LogP) is 3.07. The van der Waals surface area contributed by atoms with E-state index in [0.29, 0.717) is 13.2 Å². The van der Waals surface area contributed by atoms with Gasteiger partial charge in [-0.1, -0.05) is 60.7 Å². The molecule has 2 aromatic carbocycles. The highest BCUT2D eigenvalue weighted by Crippen LogP contribution is 2.10. The number of nitrogens with zero attached hydrogens (tertiary/aromatic N) is 3. The van der Waals surface area contributed by atoms with Crippen molar-refractivity contribution < 1.29 is 9.53 Å². The van der Waals surface area contributed by atoms with Crippen molar-refractivity contribution in [1.82, 2.24) is 14.7 Å². The molecular formula is C22H29N3O2. The minimum Gasteiger partial charge on any atom is -0.448 e. The van der Waals surface area contributed by atoms with Crippen molar-refractivity contribution in [3.8, 4) is 0 Å². The van der Waals surface area contributed by atoms with Crippen molar-refractivity contribution in [2.75, 3.05) is 46.4 Å². The molecule has 0 bridgehead atoms. The Morgan fingerprint density at radius 2 is 1.41 bits per heavy atom. The third-order valence-electron chi connectivity index (χ3n) is 4.89. The Kier molecular flexibility index (Phi) is 7.25. The number of amides is 1. The summed E-state index contributed by atoms with van der Waals surface area (Å²) in [5, 5.41) is 0. The number of piperazine rings is 1. The van der Waals surface area contributed by atoms with Gasteiger partial charge in [0.05, 0.1) is 0 Å². The van der Waals surface area contributed by atoms with Crippen molar-refractivity contribution in [3.63, 3.8) is 0 Å². The molecule has 0 unspecified atom stereocenters. The fourth-order valence-corrected chi connectivity index (χ4v) is 3.24. The molecule has 1 saturated heterocycles. The summed E-state index contributed by atoms with van der Waals surface area (Å²) in [4.78, 5) is 18.6. The van der Waals surface area contributed by atoms with Crippen LogP contribution >= 0.6 is 0 Å². The average molecular weight is 367 g/mol. The molecule has 1 heterocycles. The number of benzene rings is 2. The predicted molar refractivity (Wildman–Crippen MR) is 107 cm³/mol. The maximum Gasteiger partial charge on any atom is 0.409 e. The standard InChI is InChI=1S/C22H29N3O2/c1-23-12-14-25(15-13-23)22(26)27-17-16-24(18-20-8-4-2-5-9-20)19-21-10-6-3-7-11-21/h2-11H,12-19H2,1H3. The van der Waals surface area contributed by atoms with E-state index >= 15 is 0 Å². The highest BCUT2D eigenvalue weighted by Gasteiger charge is 2.20. The first-order chi connectivity index (χ1) is 13.2. The van der Waals surface area contributed by atoms with Gasteiger partial charge in [-0.05, 0) is 18.2 Å². The Balaban J connectivity index is 1.52. The zero-order chi connectivity index (χ0) is 18.9. The number of carbonyl (C=O) groups excluding carboxylic acids is 1. The Hall–Kier alpha value is -2.37. The first-order valence-corrected chi connectivity index (χ1v) is 9.61. The fourth-order valence-electron chi connectivity index (χ4n) is 3.24. The van der Waals surface area contributed by atoms with Gasteiger partial charge in [0, 0.05) is 45.8 Å². The molecule has 0 aromatic heterocycles. The number of rotatable bonds is 7. The van der Waals surface area contributed by atoms with Crippen LogP contribution in [0.3, 0.4) is 0 Å². The zero-order valence-electron chi connectivity index (χ0n) is 16.1. The molecule has 0 spiro atoms. The fraction of sp³-hybridized carbons (Fsp3) is 0.409. The third kappa shape index (κ3) is 6.38. The molecule has 0 saturated carbocycles. The van der Waals surface area contributed by atoms with Crippen LogP contribution in [0.25, 0.3) is 0 Å². The minimum atomic E-state index is -0.192. The Morgan fingerprint density at radius 3 is 1.93 bits per heavy atom. The van der Waals surface area contributed by atoms with Crippen LogP contribution in [0.4, 0.5) is 4.79 Å². The molecule has 0 aliphatic carbocycles. The van der Waals surface area contributed by atoms with Crippen LogP contribution < -0.4 is 0 Å². The van der Waals surface area contributed by atoms with E-state index in [1.54, 1.807) is 4.90 Å². The van der Waals surface area contributed by atoms with Crippen molar-refractivity contribution in [1.29, 1.82) is 0 Å². The van der Waals surface area contributed by atoms with Gasteiger partial charge < -0.3 is 14.5 Å². The van der Waals surface area contributed by atoms with Crippen molar-refractivity contribution in [2.24, 2.45) is 0 Å². The van der Waals surface area contributed by atoms with Crippen molar-refractivity contribution in [2.45, 2.75) is 13.1 Å². The Bertz CT molecular complexity index is 644. The maximum absolute atomic E-state index is 12.3. The topological polar surface area (TPSA) is 36.0 Å². The summed E-state index contributed by atoms with van der Waals surface area (Å²) in [6, 6.07) is 20.8. The second-order valence-corrected chi connectivity index (χ2v) is 7.09. The van der Waals surface area contributed by atoms with Gasteiger partial charge >= 0.3 is 6.09 Å². The second kappa shape index (κ2) is 10.1. The summed E-state index contributed by atoms with van der Waals surface area (Å²) in [5.41, 5.74) is 2.53. The van der Waals surface area contributed by atoms with Gasteiger partial charge in [0.1, 0.15) is 6.61 Å². The SMILES string of the molecule is CN1CCN(C(=O)OCCN(Cc2ccccc2)Cc2ccccc2)CC1. The van der Waals surface area contributed by atoms with Gasteiger partial charge in [0.15, 0.2) is 0 Å². The summed E-state index contributed by atoms with van der Waals surface area (Å²) in [6.45, 7) is 6.09. The molecule has 27 heavy (non-hydrogen) atoms. The van der Waals surface area contributed by atoms with Gasteiger partial charge in [0.2, 0.25) is 0 Å². The molecule has 1 fully saturated rings. The third-order valence-corrected chi connectivity index (χ3v) is 4.89.